The number of aryl methyl sites for hydroxylation is 1. The lowest BCUT2D eigenvalue weighted by molar-refractivity contribution is -0.120. The van der Waals surface area contributed by atoms with Crippen molar-refractivity contribution in [3.63, 3.8) is 0 Å². The van der Waals surface area contributed by atoms with Gasteiger partial charge in [0.1, 0.15) is 0 Å². The second-order valence-corrected chi connectivity index (χ2v) is 5.57. The quantitative estimate of drug-likeness (QED) is 0.750. The van der Waals surface area contributed by atoms with E-state index in [1.165, 1.54) is 26.4 Å². The Bertz CT molecular complexity index is 779. The number of benzene rings is 2. The van der Waals surface area contributed by atoms with Crippen molar-refractivity contribution in [2.45, 2.75) is 13.5 Å². The first-order chi connectivity index (χ1) is 12.5. The fraction of sp³-hybridized carbons (Fsp3) is 0.263. The molecule has 2 aromatic carbocycles. The number of carbonyl (C=O) groups is 2. The Morgan fingerprint density at radius 1 is 1.08 bits per heavy atom. The molecule has 0 saturated carbocycles. The highest BCUT2D eigenvalue weighted by Gasteiger charge is 2.18. The predicted molar refractivity (Wildman–Crippen MR) is 96.6 cm³/mol. The Hall–Kier alpha value is -3.22. The molecule has 26 heavy (non-hydrogen) atoms. The van der Waals surface area contributed by atoms with Gasteiger partial charge >= 0.3 is 0 Å². The number of hydrogen-bond donors (Lipinski definition) is 2. The molecule has 3 N–H and O–H groups in total. The molecule has 0 spiro atoms. The van der Waals surface area contributed by atoms with Gasteiger partial charge in [-0.05, 0) is 30.2 Å². The maximum absolute atomic E-state index is 12.5. The summed E-state index contributed by atoms with van der Waals surface area (Å²) in [6.45, 7) is 2.06. The van der Waals surface area contributed by atoms with Crippen molar-refractivity contribution in [2.75, 3.05) is 20.8 Å². The maximum Gasteiger partial charge on any atom is 0.255 e. The third-order valence-corrected chi connectivity index (χ3v) is 3.78. The number of nitrogens with one attached hydrogen (secondary N) is 1. The van der Waals surface area contributed by atoms with Gasteiger partial charge in [-0.15, -0.1) is 0 Å². The average Bonchev–Trinajstić information content (AvgIpc) is 2.64. The van der Waals surface area contributed by atoms with Gasteiger partial charge in [-0.25, -0.2) is 0 Å². The third-order valence-electron chi connectivity index (χ3n) is 3.78. The maximum atomic E-state index is 12.5. The lowest BCUT2D eigenvalue weighted by Crippen LogP contribution is -2.23. The Labute approximate surface area is 152 Å². The van der Waals surface area contributed by atoms with Gasteiger partial charge in [-0.3, -0.25) is 9.59 Å². The standard InChI is InChI=1S/C19H22N2O5/c1-12-6-4-5-7-13(12)10-21-19(23)14-8-15(24-2)18(16(9-14)25-3)26-11-17(20)22/h4-9H,10-11H2,1-3H3,(H2,20,22)(H,21,23). The molecule has 0 aliphatic rings. The summed E-state index contributed by atoms with van der Waals surface area (Å²) in [6.07, 6.45) is 0. The highest BCUT2D eigenvalue weighted by molar-refractivity contribution is 5.95. The molecule has 2 rings (SSSR count). The van der Waals surface area contributed by atoms with Gasteiger partial charge in [-0.2, -0.15) is 0 Å². The fourth-order valence-corrected chi connectivity index (χ4v) is 2.38. The van der Waals surface area contributed by atoms with Crippen molar-refractivity contribution in [2.24, 2.45) is 5.73 Å². The average molecular weight is 358 g/mol. The van der Waals surface area contributed by atoms with Crippen LogP contribution >= 0.6 is 0 Å². The zero-order valence-corrected chi connectivity index (χ0v) is 15.0. The number of rotatable bonds is 8. The van der Waals surface area contributed by atoms with Gasteiger partial charge < -0.3 is 25.3 Å². The number of carbonyl (C=O) groups excluding carboxylic acids is 2. The van der Waals surface area contributed by atoms with Crippen LogP contribution in [0.1, 0.15) is 21.5 Å². The van der Waals surface area contributed by atoms with Gasteiger partial charge in [0.05, 0.1) is 14.2 Å². The number of primary amides is 1. The number of hydrogen-bond acceptors (Lipinski definition) is 5. The summed E-state index contributed by atoms with van der Waals surface area (Å²) >= 11 is 0. The van der Waals surface area contributed by atoms with Crippen LogP contribution in [0.3, 0.4) is 0 Å². The van der Waals surface area contributed by atoms with Crippen LogP contribution < -0.4 is 25.3 Å². The highest BCUT2D eigenvalue weighted by atomic mass is 16.5. The van der Waals surface area contributed by atoms with E-state index < -0.39 is 5.91 Å². The van der Waals surface area contributed by atoms with Crippen LogP contribution in [0, 0.1) is 6.92 Å². The number of amides is 2. The molecule has 7 nitrogen and oxygen atoms in total. The largest absolute Gasteiger partial charge is 0.493 e. The van der Waals surface area contributed by atoms with Crippen LogP contribution in [0.5, 0.6) is 17.2 Å². The second kappa shape index (κ2) is 8.75. The van der Waals surface area contributed by atoms with Crippen molar-refractivity contribution in [1.29, 1.82) is 0 Å². The van der Waals surface area contributed by atoms with E-state index in [9.17, 15) is 9.59 Å². The van der Waals surface area contributed by atoms with Crippen LogP contribution in [0.15, 0.2) is 36.4 Å². The van der Waals surface area contributed by atoms with Crippen molar-refractivity contribution in [1.82, 2.24) is 5.32 Å². The Morgan fingerprint density at radius 2 is 1.69 bits per heavy atom. The second-order valence-electron chi connectivity index (χ2n) is 5.57. The van der Waals surface area contributed by atoms with Crippen molar-refractivity contribution < 1.29 is 23.8 Å². The normalized spacial score (nSPS) is 10.1. The summed E-state index contributed by atoms with van der Waals surface area (Å²) in [5.74, 6) is -0.164. The van der Waals surface area contributed by atoms with Gasteiger partial charge in [-0.1, -0.05) is 24.3 Å². The first-order valence-corrected chi connectivity index (χ1v) is 7.96. The minimum Gasteiger partial charge on any atom is -0.493 e. The van der Waals surface area contributed by atoms with Crippen LogP contribution in [-0.2, 0) is 11.3 Å². The molecule has 7 heteroatoms. The zero-order chi connectivity index (χ0) is 19.1. The molecule has 0 aliphatic carbocycles. The van der Waals surface area contributed by atoms with Crippen molar-refractivity contribution >= 4 is 11.8 Å². The summed E-state index contributed by atoms with van der Waals surface area (Å²) < 4.78 is 15.8. The van der Waals surface area contributed by atoms with Crippen LogP contribution in [0.2, 0.25) is 0 Å². The minimum absolute atomic E-state index is 0.212. The van der Waals surface area contributed by atoms with E-state index in [-0.39, 0.29) is 29.8 Å². The molecule has 2 amide bonds. The summed E-state index contributed by atoms with van der Waals surface area (Å²) in [5.41, 5.74) is 7.57. The van der Waals surface area contributed by atoms with E-state index in [1.807, 2.05) is 31.2 Å². The first-order valence-electron chi connectivity index (χ1n) is 7.96. The molecule has 0 bridgehead atoms. The molecule has 0 atom stereocenters. The van der Waals surface area contributed by atoms with Crippen molar-refractivity contribution in [3.05, 3.63) is 53.1 Å². The molecule has 0 unspecified atom stereocenters. The topological polar surface area (TPSA) is 99.9 Å². The number of nitrogens with two attached hydrogens (primary N) is 1. The zero-order valence-electron chi connectivity index (χ0n) is 15.0. The minimum atomic E-state index is -0.630. The monoisotopic (exact) mass is 358 g/mol. The Morgan fingerprint density at radius 3 is 2.23 bits per heavy atom. The van der Waals surface area contributed by atoms with Gasteiger partial charge in [0, 0.05) is 12.1 Å². The van der Waals surface area contributed by atoms with Crippen LogP contribution in [0.4, 0.5) is 0 Å². The van der Waals surface area contributed by atoms with Crippen LogP contribution in [-0.4, -0.2) is 32.6 Å². The summed E-state index contributed by atoms with van der Waals surface area (Å²) in [5, 5.41) is 2.86. The smallest absolute Gasteiger partial charge is 0.255 e. The summed E-state index contributed by atoms with van der Waals surface area (Å²) in [7, 11) is 2.86. The molecular formula is C19H22N2O5. The van der Waals surface area contributed by atoms with Crippen molar-refractivity contribution in [3.8, 4) is 17.2 Å². The van der Waals surface area contributed by atoms with Gasteiger partial charge in [0.25, 0.3) is 11.8 Å². The fourth-order valence-electron chi connectivity index (χ4n) is 2.38. The molecule has 2 aromatic rings. The van der Waals surface area contributed by atoms with Gasteiger partial charge in [0.2, 0.25) is 5.75 Å². The number of ether oxygens (including phenoxy) is 3. The molecule has 0 aliphatic heterocycles. The molecule has 0 radical (unpaired) electrons. The van der Waals surface area contributed by atoms with E-state index in [4.69, 9.17) is 19.9 Å². The third kappa shape index (κ3) is 4.66. The van der Waals surface area contributed by atoms with E-state index in [1.54, 1.807) is 0 Å². The lowest BCUT2D eigenvalue weighted by atomic mass is 10.1. The van der Waals surface area contributed by atoms with Gasteiger partial charge in [0.15, 0.2) is 18.1 Å². The van der Waals surface area contributed by atoms with E-state index in [2.05, 4.69) is 5.32 Å². The predicted octanol–water partition coefficient (Wildman–Crippen LogP) is 1.81. The Kier molecular flexibility index (Phi) is 6.43. The SMILES string of the molecule is COc1cc(C(=O)NCc2ccccc2C)cc(OC)c1OCC(N)=O. The molecule has 138 valence electrons. The molecule has 0 saturated heterocycles. The molecule has 0 aromatic heterocycles. The van der Waals surface area contributed by atoms with E-state index in [0.29, 0.717) is 12.1 Å². The van der Waals surface area contributed by atoms with Crippen LogP contribution in [0.25, 0.3) is 0 Å². The molecular weight excluding hydrogens is 336 g/mol. The van der Waals surface area contributed by atoms with E-state index >= 15 is 0 Å². The summed E-state index contributed by atoms with van der Waals surface area (Å²) in [6, 6.07) is 10.8. The van der Waals surface area contributed by atoms with E-state index in [0.717, 1.165) is 11.1 Å². The first kappa shape index (κ1) is 19.1. The highest BCUT2D eigenvalue weighted by Crippen LogP contribution is 2.38. The molecule has 0 heterocycles. The Balaban J connectivity index is 2.21. The lowest BCUT2D eigenvalue weighted by Gasteiger charge is -2.15. The molecule has 0 fully saturated rings. The summed E-state index contributed by atoms with van der Waals surface area (Å²) in [4.78, 5) is 23.5. The number of methoxy groups -OCH3 is 2.